The van der Waals surface area contributed by atoms with Crippen LogP contribution in [0.5, 0.6) is 17.2 Å². The molecule has 0 amide bonds. The van der Waals surface area contributed by atoms with Gasteiger partial charge in [0.15, 0.2) is 11.5 Å². The third-order valence-electron chi connectivity index (χ3n) is 5.59. The van der Waals surface area contributed by atoms with Crippen molar-refractivity contribution >= 4 is 0 Å². The van der Waals surface area contributed by atoms with E-state index in [0.29, 0.717) is 37.1 Å². The summed E-state index contributed by atoms with van der Waals surface area (Å²) in [4.78, 5) is 0. The van der Waals surface area contributed by atoms with Crippen molar-refractivity contribution in [1.82, 2.24) is 0 Å². The number of ether oxygens (including phenoxy) is 3. The van der Waals surface area contributed by atoms with Gasteiger partial charge in [-0.05, 0) is 39.8 Å². The Morgan fingerprint density at radius 1 is 0.500 bits per heavy atom. The maximum Gasteiger partial charge on any atom is 0.203 e. The summed E-state index contributed by atoms with van der Waals surface area (Å²) in [6.45, 7) is 7.90. The summed E-state index contributed by atoms with van der Waals surface area (Å²) in [5.41, 5.74) is 4.35. The highest BCUT2D eigenvalue weighted by atomic mass is 16.5. The minimum absolute atomic E-state index is 0.0757. The first-order valence-corrected chi connectivity index (χ1v) is 11.7. The Labute approximate surface area is 202 Å². The summed E-state index contributed by atoms with van der Waals surface area (Å²) in [6, 6.07) is 34.6. The van der Waals surface area contributed by atoms with E-state index in [1.54, 1.807) is 0 Å². The molecule has 0 heterocycles. The van der Waals surface area contributed by atoms with Crippen molar-refractivity contribution in [2.75, 3.05) is 0 Å². The van der Waals surface area contributed by atoms with Crippen LogP contribution in [0.25, 0.3) is 0 Å². The lowest BCUT2D eigenvalue weighted by Crippen LogP contribution is -2.13. The summed E-state index contributed by atoms with van der Waals surface area (Å²) >= 11 is 0. The fourth-order valence-corrected chi connectivity index (χ4v) is 3.57. The van der Waals surface area contributed by atoms with Gasteiger partial charge in [-0.1, -0.05) is 112 Å². The van der Waals surface area contributed by atoms with Gasteiger partial charge in [0.2, 0.25) is 5.75 Å². The first-order valence-electron chi connectivity index (χ1n) is 11.7. The average Bonchev–Trinajstić information content (AvgIpc) is 2.86. The average molecular weight is 453 g/mol. The smallest absolute Gasteiger partial charge is 0.203 e. The van der Waals surface area contributed by atoms with E-state index < -0.39 is 0 Å². The Bertz CT molecular complexity index is 1100. The maximum atomic E-state index is 6.35. The van der Waals surface area contributed by atoms with Gasteiger partial charge in [-0.3, -0.25) is 0 Å². The molecule has 34 heavy (non-hydrogen) atoms. The van der Waals surface area contributed by atoms with Gasteiger partial charge in [-0.25, -0.2) is 0 Å². The largest absolute Gasteiger partial charge is 0.485 e. The lowest BCUT2D eigenvalue weighted by Gasteiger charge is -2.24. The van der Waals surface area contributed by atoms with Gasteiger partial charge in [-0.15, -0.1) is 0 Å². The third-order valence-corrected chi connectivity index (χ3v) is 5.59. The van der Waals surface area contributed by atoms with Crippen molar-refractivity contribution in [3.63, 3.8) is 0 Å². The molecule has 0 unspecified atom stereocenters. The predicted octanol–water partition coefficient (Wildman–Crippen LogP) is 7.72. The zero-order valence-corrected chi connectivity index (χ0v) is 20.2. The van der Waals surface area contributed by atoms with Crippen molar-refractivity contribution < 1.29 is 14.2 Å². The normalized spacial score (nSPS) is 11.1. The molecule has 0 saturated heterocycles. The molecule has 0 bridgehead atoms. The minimum Gasteiger partial charge on any atom is -0.485 e. The van der Waals surface area contributed by atoms with Gasteiger partial charge in [0.25, 0.3) is 0 Å². The second-order valence-electron chi connectivity index (χ2n) is 9.37. The van der Waals surface area contributed by atoms with E-state index in [0.717, 1.165) is 22.3 Å². The predicted molar refractivity (Wildman–Crippen MR) is 137 cm³/mol. The number of benzene rings is 4. The molecule has 0 aliphatic rings. The van der Waals surface area contributed by atoms with Crippen LogP contribution < -0.4 is 14.2 Å². The van der Waals surface area contributed by atoms with Crippen LogP contribution in [0.4, 0.5) is 0 Å². The van der Waals surface area contributed by atoms with E-state index in [-0.39, 0.29) is 5.41 Å². The summed E-state index contributed by atoms with van der Waals surface area (Å²) in [6.07, 6.45) is 0. The molecule has 3 heteroatoms. The molecule has 4 rings (SSSR count). The quantitative estimate of drug-likeness (QED) is 0.260. The molecule has 0 aliphatic carbocycles. The van der Waals surface area contributed by atoms with Crippen LogP contribution in [0.3, 0.4) is 0 Å². The molecule has 4 aromatic rings. The Morgan fingerprint density at radius 3 is 1.21 bits per heavy atom. The topological polar surface area (TPSA) is 27.7 Å². The van der Waals surface area contributed by atoms with E-state index in [9.17, 15) is 0 Å². The first kappa shape index (κ1) is 23.4. The summed E-state index contributed by atoms with van der Waals surface area (Å²) in [7, 11) is 0. The molecule has 0 N–H and O–H groups in total. The molecule has 0 aliphatic heterocycles. The van der Waals surface area contributed by atoms with Crippen molar-refractivity contribution in [3.8, 4) is 17.2 Å². The Kier molecular flexibility index (Phi) is 7.54. The lowest BCUT2D eigenvalue weighted by atomic mass is 9.86. The van der Waals surface area contributed by atoms with E-state index in [4.69, 9.17) is 14.2 Å². The summed E-state index contributed by atoms with van der Waals surface area (Å²) in [5.74, 6) is 2.01. The maximum absolute atomic E-state index is 6.35. The van der Waals surface area contributed by atoms with Gasteiger partial charge >= 0.3 is 0 Å². The SMILES string of the molecule is CC(C)(C)c1cc(OCc2ccccc2)c(OCc2ccccc2)c(OCc2ccccc2)c1. The minimum atomic E-state index is -0.0757. The zero-order valence-electron chi connectivity index (χ0n) is 20.2. The van der Waals surface area contributed by atoms with Crippen LogP contribution in [-0.4, -0.2) is 0 Å². The van der Waals surface area contributed by atoms with Crippen LogP contribution in [0.2, 0.25) is 0 Å². The fraction of sp³-hybridized carbons (Fsp3) is 0.226. The van der Waals surface area contributed by atoms with Crippen molar-refractivity contribution in [3.05, 3.63) is 125 Å². The van der Waals surface area contributed by atoms with Gasteiger partial charge in [0.05, 0.1) is 0 Å². The Balaban J connectivity index is 1.68. The second kappa shape index (κ2) is 10.9. The molecule has 0 radical (unpaired) electrons. The van der Waals surface area contributed by atoms with Crippen LogP contribution >= 0.6 is 0 Å². The molecule has 0 fully saturated rings. The van der Waals surface area contributed by atoms with E-state index >= 15 is 0 Å². The van der Waals surface area contributed by atoms with Gasteiger partial charge < -0.3 is 14.2 Å². The number of rotatable bonds is 9. The van der Waals surface area contributed by atoms with Crippen LogP contribution in [-0.2, 0) is 25.2 Å². The highest BCUT2D eigenvalue weighted by molar-refractivity contribution is 5.55. The zero-order chi connectivity index (χ0) is 23.8. The monoisotopic (exact) mass is 452 g/mol. The molecule has 0 atom stereocenters. The fourth-order valence-electron chi connectivity index (χ4n) is 3.57. The van der Waals surface area contributed by atoms with Crippen LogP contribution in [0, 0.1) is 0 Å². The molecule has 0 spiro atoms. The van der Waals surface area contributed by atoms with Crippen molar-refractivity contribution in [2.24, 2.45) is 0 Å². The van der Waals surface area contributed by atoms with E-state index in [1.165, 1.54) is 0 Å². The molecular formula is C31H32O3. The molecule has 4 aromatic carbocycles. The number of hydrogen-bond donors (Lipinski definition) is 0. The lowest BCUT2D eigenvalue weighted by molar-refractivity contribution is 0.229. The Morgan fingerprint density at radius 2 is 0.853 bits per heavy atom. The molecule has 174 valence electrons. The molecular weight excluding hydrogens is 420 g/mol. The highest BCUT2D eigenvalue weighted by Gasteiger charge is 2.22. The summed E-state index contributed by atoms with van der Waals surface area (Å²) < 4.78 is 19.0. The molecule has 0 saturated carbocycles. The standard InChI is InChI=1S/C31H32O3/c1-31(2,3)27-19-28(32-21-24-13-7-4-8-14-24)30(34-23-26-17-11-6-12-18-26)29(20-27)33-22-25-15-9-5-10-16-25/h4-20H,21-23H2,1-3H3. The highest BCUT2D eigenvalue weighted by Crippen LogP contribution is 2.43. The molecule has 3 nitrogen and oxygen atoms in total. The molecule has 0 aromatic heterocycles. The van der Waals surface area contributed by atoms with Crippen molar-refractivity contribution in [2.45, 2.75) is 46.0 Å². The number of hydrogen-bond acceptors (Lipinski definition) is 3. The third kappa shape index (κ3) is 6.41. The first-order chi connectivity index (χ1) is 16.5. The van der Waals surface area contributed by atoms with Gasteiger partial charge in [-0.2, -0.15) is 0 Å². The van der Waals surface area contributed by atoms with Gasteiger partial charge in [0, 0.05) is 0 Å². The van der Waals surface area contributed by atoms with Crippen molar-refractivity contribution in [1.29, 1.82) is 0 Å². The second-order valence-corrected chi connectivity index (χ2v) is 9.37. The van der Waals surface area contributed by atoms with Gasteiger partial charge in [0.1, 0.15) is 19.8 Å². The van der Waals surface area contributed by atoms with E-state index in [2.05, 4.69) is 69.3 Å². The van der Waals surface area contributed by atoms with Crippen LogP contribution in [0.1, 0.15) is 43.0 Å². The van der Waals surface area contributed by atoms with E-state index in [1.807, 2.05) is 54.6 Å². The Hall–Kier alpha value is -3.72. The summed E-state index contributed by atoms with van der Waals surface area (Å²) in [5, 5.41) is 0. The van der Waals surface area contributed by atoms with Crippen LogP contribution in [0.15, 0.2) is 103 Å².